The van der Waals surface area contributed by atoms with Gasteiger partial charge in [0.1, 0.15) is 23.7 Å². The van der Waals surface area contributed by atoms with Crippen LogP contribution >= 0.6 is 0 Å². The van der Waals surface area contributed by atoms with Crippen LogP contribution in [0.5, 0.6) is 0 Å². The van der Waals surface area contributed by atoms with Gasteiger partial charge in [0, 0.05) is 25.6 Å². The molecule has 1 saturated carbocycles. The van der Waals surface area contributed by atoms with Crippen LogP contribution in [-0.4, -0.2) is 74.1 Å². The average molecular weight is 564 g/mol. The Kier molecular flexibility index (Phi) is 8.37. The number of benzene rings is 1. The van der Waals surface area contributed by atoms with E-state index >= 15 is 0 Å². The Bertz CT molecular complexity index is 1390. The quantitative estimate of drug-likeness (QED) is 0.338. The van der Waals surface area contributed by atoms with E-state index < -0.39 is 36.9 Å². The highest BCUT2D eigenvalue weighted by atomic mass is 19.4. The van der Waals surface area contributed by atoms with E-state index in [4.69, 9.17) is 0 Å². The van der Waals surface area contributed by atoms with E-state index in [1.165, 1.54) is 31.6 Å². The number of amides is 3. The van der Waals surface area contributed by atoms with E-state index in [0.29, 0.717) is 29.1 Å². The highest BCUT2D eigenvalue weighted by Gasteiger charge is 2.41. The van der Waals surface area contributed by atoms with E-state index in [0.717, 1.165) is 4.90 Å². The molecule has 14 heteroatoms. The van der Waals surface area contributed by atoms with Gasteiger partial charge in [-0.3, -0.25) is 4.79 Å². The van der Waals surface area contributed by atoms with E-state index in [1.807, 2.05) is 0 Å². The zero-order valence-corrected chi connectivity index (χ0v) is 22.0. The summed E-state index contributed by atoms with van der Waals surface area (Å²) in [5.41, 5.74) is 1.41. The molecule has 3 amide bonds. The van der Waals surface area contributed by atoms with Crippen LogP contribution in [0, 0.1) is 12.7 Å². The van der Waals surface area contributed by atoms with Crippen molar-refractivity contribution >= 4 is 17.8 Å². The summed E-state index contributed by atoms with van der Waals surface area (Å²) >= 11 is 0. The SMILES string of the molecule is Cc1cc(F)c(C(=O)Nc2cccc(-c3nncn3[C@H](C)CO)n2)cc1C1CC1NC(=O)N(C)CCC(F)(F)F. The lowest BCUT2D eigenvalue weighted by molar-refractivity contribution is -0.136. The number of nitrogens with one attached hydrogen (secondary N) is 2. The number of aliphatic hydroxyl groups is 1. The van der Waals surface area contributed by atoms with Gasteiger partial charge in [0.15, 0.2) is 5.82 Å². The number of nitrogens with zero attached hydrogens (tertiary/aromatic N) is 5. The van der Waals surface area contributed by atoms with E-state index in [-0.39, 0.29) is 36.0 Å². The minimum Gasteiger partial charge on any atom is -0.394 e. The molecular weight excluding hydrogens is 534 g/mol. The fraction of sp³-hybridized carbons (Fsp3) is 0.423. The highest BCUT2D eigenvalue weighted by molar-refractivity contribution is 6.04. The van der Waals surface area contributed by atoms with Crippen molar-refractivity contribution in [2.75, 3.05) is 25.5 Å². The lowest BCUT2D eigenvalue weighted by Crippen LogP contribution is -2.40. The Morgan fingerprint density at radius 1 is 1.27 bits per heavy atom. The summed E-state index contributed by atoms with van der Waals surface area (Å²) < 4.78 is 53.9. The predicted molar refractivity (Wildman–Crippen MR) is 137 cm³/mol. The molecule has 0 aliphatic heterocycles. The summed E-state index contributed by atoms with van der Waals surface area (Å²) in [4.78, 5) is 30.7. The standard InChI is InChI=1S/C26H29F4N7O3/c1-14-9-19(27)18(10-16(14)17-11-21(17)33-25(40)36(3)8-7-26(28,29)30)24(39)34-22-6-4-5-20(32-22)23-35-31-13-37(23)15(2)12-38/h4-6,9-10,13,15,17,21,38H,7-8,11-12H2,1-3H3,(H,33,40)(H,32,34,39)/t15-,17?,21?/m1/s1. The fourth-order valence-corrected chi connectivity index (χ4v) is 4.27. The first-order chi connectivity index (χ1) is 18.9. The van der Waals surface area contributed by atoms with Gasteiger partial charge in [-0.2, -0.15) is 13.2 Å². The van der Waals surface area contributed by atoms with E-state index in [9.17, 15) is 32.3 Å². The summed E-state index contributed by atoms with van der Waals surface area (Å²) in [6.45, 7) is 2.84. The lowest BCUT2D eigenvalue weighted by atomic mass is 9.99. The molecule has 1 fully saturated rings. The van der Waals surface area contributed by atoms with Crippen molar-refractivity contribution in [3.63, 3.8) is 0 Å². The number of alkyl halides is 3. The van der Waals surface area contributed by atoms with Crippen LogP contribution in [0.2, 0.25) is 0 Å². The molecule has 4 rings (SSSR count). The third-order valence-electron chi connectivity index (χ3n) is 6.71. The van der Waals surface area contributed by atoms with Gasteiger partial charge in [0.2, 0.25) is 0 Å². The molecule has 214 valence electrons. The number of halogens is 4. The topological polar surface area (TPSA) is 125 Å². The Labute approximate surface area is 227 Å². The first kappa shape index (κ1) is 28.9. The predicted octanol–water partition coefficient (Wildman–Crippen LogP) is 4.04. The molecule has 2 unspecified atom stereocenters. The molecule has 2 aromatic heterocycles. The summed E-state index contributed by atoms with van der Waals surface area (Å²) in [6.07, 6.45) is -3.52. The second-order valence-corrected chi connectivity index (χ2v) is 9.83. The number of aryl methyl sites for hydroxylation is 1. The molecule has 0 spiro atoms. The second kappa shape index (κ2) is 11.6. The lowest BCUT2D eigenvalue weighted by Gasteiger charge is -2.19. The van der Waals surface area contributed by atoms with Gasteiger partial charge in [-0.1, -0.05) is 6.07 Å². The Morgan fingerprint density at radius 2 is 2.02 bits per heavy atom. The van der Waals surface area contributed by atoms with Crippen LogP contribution in [0.1, 0.15) is 53.2 Å². The van der Waals surface area contributed by atoms with Crippen molar-refractivity contribution in [3.05, 3.63) is 59.2 Å². The van der Waals surface area contributed by atoms with Gasteiger partial charge in [-0.15, -0.1) is 10.2 Å². The zero-order valence-electron chi connectivity index (χ0n) is 22.0. The maximum absolute atomic E-state index is 14.9. The van der Waals surface area contributed by atoms with Crippen molar-refractivity contribution < 1.29 is 32.3 Å². The molecule has 0 bridgehead atoms. The van der Waals surface area contributed by atoms with Gasteiger partial charge >= 0.3 is 12.2 Å². The number of aliphatic hydroxyl groups excluding tert-OH is 1. The van der Waals surface area contributed by atoms with Crippen molar-refractivity contribution in [2.24, 2.45) is 0 Å². The number of carbonyl (C=O) groups excluding carboxylic acids is 2. The van der Waals surface area contributed by atoms with Gasteiger partial charge in [-0.25, -0.2) is 14.2 Å². The van der Waals surface area contributed by atoms with Gasteiger partial charge in [0.05, 0.1) is 24.6 Å². The highest BCUT2D eigenvalue weighted by Crippen LogP contribution is 2.43. The Hall–Kier alpha value is -4.07. The average Bonchev–Trinajstić information content (AvgIpc) is 3.46. The van der Waals surface area contributed by atoms with Gasteiger partial charge < -0.3 is 25.2 Å². The van der Waals surface area contributed by atoms with Crippen LogP contribution < -0.4 is 10.6 Å². The van der Waals surface area contributed by atoms with Crippen LogP contribution in [0.4, 0.5) is 28.2 Å². The Morgan fingerprint density at radius 3 is 2.73 bits per heavy atom. The molecule has 0 saturated heterocycles. The van der Waals surface area contributed by atoms with Gasteiger partial charge in [-0.05, 0) is 55.7 Å². The monoisotopic (exact) mass is 563 g/mol. The number of carbonyl (C=O) groups is 2. The van der Waals surface area contributed by atoms with Crippen LogP contribution in [0.25, 0.3) is 11.5 Å². The van der Waals surface area contributed by atoms with Gasteiger partial charge in [0.25, 0.3) is 5.91 Å². The minimum atomic E-state index is -4.37. The summed E-state index contributed by atoms with van der Waals surface area (Å²) in [5.74, 6) is -1.16. The van der Waals surface area contributed by atoms with Crippen LogP contribution in [0.3, 0.4) is 0 Å². The number of rotatable bonds is 9. The summed E-state index contributed by atoms with van der Waals surface area (Å²) in [6, 6.07) is 6.21. The largest absolute Gasteiger partial charge is 0.394 e. The number of pyridine rings is 1. The molecule has 1 aliphatic rings. The normalized spacial score (nSPS) is 17.3. The molecular formula is C26H29F4N7O3. The van der Waals surface area contributed by atoms with Crippen molar-refractivity contribution in [1.82, 2.24) is 30.0 Å². The fourth-order valence-electron chi connectivity index (χ4n) is 4.27. The molecule has 3 aromatic rings. The zero-order chi connectivity index (χ0) is 29.2. The van der Waals surface area contributed by atoms with E-state index in [2.05, 4.69) is 25.8 Å². The molecule has 10 nitrogen and oxygen atoms in total. The molecule has 1 aliphatic carbocycles. The summed E-state index contributed by atoms with van der Waals surface area (Å²) in [5, 5.41) is 22.7. The number of urea groups is 1. The third-order valence-corrected chi connectivity index (χ3v) is 6.71. The number of anilines is 1. The molecule has 0 radical (unpaired) electrons. The summed E-state index contributed by atoms with van der Waals surface area (Å²) in [7, 11) is 1.28. The smallest absolute Gasteiger partial charge is 0.390 e. The first-order valence-electron chi connectivity index (χ1n) is 12.6. The maximum Gasteiger partial charge on any atom is 0.390 e. The van der Waals surface area contributed by atoms with Crippen LogP contribution in [-0.2, 0) is 0 Å². The molecule has 3 atom stereocenters. The van der Waals surface area contributed by atoms with E-state index in [1.54, 1.807) is 30.5 Å². The number of aromatic nitrogens is 4. The van der Waals surface area contributed by atoms with Crippen molar-refractivity contribution in [2.45, 2.75) is 50.9 Å². The molecule has 2 heterocycles. The Balaban J connectivity index is 1.45. The first-order valence-corrected chi connectivity index (χ1v) is 12.6. The minimum absolute atomic E-state index is 0.142. The van der Waals surface area contributed by atoms with Crippen molar-refractivity contribution in [3.8, 4) is 11.5 Å². The number of hydrogen-bond acceptors (Lipinski definition) is 6. The molecule has 1 aromatic carbocycles. The van der Waals surface area contributed by atoms with Crippen LogP contribution in [0.15, 0.2) is 36.7 Å². The number of hydrogen-bond donors (Lipinski definition) is 3. The maximum atomic E-state index is 14.9. The molecule has 40 heavy (non-hydrogen) atoms. The third kappa shape index (κ3) is 6.73. The van der Waals surface area contributed by atoms with Crippen molar-refractivity contribution in [1.29, 1.82) is 0 Å². The molecule has 3 N–H and O–H groups in total. The second-order valence-electron chi connectivity index (χ2n) is 9.83.